The van der Waals surface area contributed by atoms with Crippen molar-refractivity contribution in [1.82, 2.24) is 9.97 Å². The fourth-order valence-electron chi connectivity index (χ4n) is 0.983. The molecule has 0 aliphatic heterocycles. The van der Waals surface area contributed by atoms with E-state index in [0.717, 1.165) is 12.1 Å². The zero-order chi connectivity index (χ0) is 10.8. The van der Waals surface area contributed by atoms with Crippen LogP contribution < -0.4 is 4.74 Å². The maximum absolute atomic E-state index is 4.98. The van der Waals surface area contributed by atoms with Gasteiger partial charge in [0.2, 0.25) is 5.88 Å². The molecule has 14 heavy (non-hydrogen) atoms. The summed E-state index contributed by atoms with van der Waals surface area (Å²) in [7, 11) is 1.62. The number of aryl methyl sites for hydroxylation is 1. The summed E-state index contributed by atoms with van der Waals surface area (Å²) in [4.78, 5) is 8.07. The lowest BCUT2D eigenvalue weighted by molar-refractivity contribution is 0.395. The molecule has 0 amide bonds. The van der Waals surface area contributed by atoms with E-state index in [-0.39, 0.29) is 0 Å². The van der Waals surface area contributed by atoms with E-state index >= 15 is 0 Å². The summed E-state index contributed by atoms with van der Waals surface area (Å²) in [6.45, 7) is 6.17. The molecule has 1 heterocycles. The summed E-state index contributed by atoms with van der Waals surface area (Å²) in [6, 6.07) is 1.88. The number of methoxy groups -OCH3 is 1. The van der Waals surface area contributed by atoms with Crippen LogP contribution in [-0.2, 0) is 6.42 Å². The number of ether oxygens (including phenoxy) is 1. The SMILES string of the molecule is CC.CCCCc1cc(OC)ncn1. The van der Waals surface area contributed by atoms with Gasteiger partial charge in [-0.25, -0.2) is 9.97 Å². The minimum atomic E-state index is 0.649. The number of unbranched alkanes of at least 4 members (excludes halogenated alkanes) is 1. The second-order valence-corrected chi connectivity index (χ2v) is 2.66. The molecule has 1 rings (SSSR count). The standard InChI is InChI=1S/C9H14N2O.C2H6/c1-3-4-5-8-6-9(12-2)11-7-10-8;1-2/h6-7H,3-5H2,1-2H3;1-2H3. The first kappa shape index (κ1) is 12.9. The van der Waals surface area contributed by atoms with Crippen molar-refractivity contribution in [2.75, 3.05) is 7.11 Å². The van der Waals surface area contributed by atoms with Crippen molar-refractivity contribution >= 4 is 0 Å². The number of rotatable bonds is 4. The molecule has 3 heteroatoms. The predicted octanol–water partition coefficient (Wildman–Crippen LogP) is 2.85. The van der Waals surface area contributed by atoms with Crippen LogP contribution in [0, 0.1) is 0 Å². The van der Waals surface area contributed by atoms with Gasteiger partial charge in [-0.15, -0.1) is 0 Å². The Bertz CT molecular complexity index is 238. The highest BCUT2D eigenvalue weighted by molar-refractivity contribution is 5.13. The number of aromatic nitrogens is 2. The number of hydrogen-bond donors (Lipinski definition) is 0. The fraction of sp³-hybridized carbons (Fsp3) is 0.636. The van der Waals surface area contributed by atoms with E-state index in [1.165, 1.54) is 12.8 Å². The first-order valence-electron chi connectivity index (χ1n) is 5.21. The van der Waals surface area contributed by atoms with Crippen molar-refractivity contribution in [3.63, 3.8) is 0 Å². The van der Waals surface area contributed by atoms with Crippen molar-refractivity contribution in [1.29, 1.82) is 0 Å². The molecular weight excluding hydrogens is 176 g/mol. The second-order valence-electron chi connectivity index (χ2n) is 2.66. The van der Waals surface area contributed by atoms with Crippen LogP contribution in [0.5, 0.6) is 5.88 Å². The first-order chi connectivity index (χ1) is 6.86. The Morgan fingerprint density at radius 3 is 2.57 bits per heavy atom. The molecule has 0 fully saturated rings. The molecule has 0 aromatic carbocycles. The van der Waals surface area contributed by atoms with E-state index in [2.05, 4.69) is 16.9 Å². The molecule has 1 aromatic rings. The average Bonchev–Trinajstić information content (AvgIpc) is 2.29. The van der Waals surface area contributed by atoms with Gasteiger partial charge in [0.15, 0.2) is 0 Å². The number of hydrogen-bond acceptors (Lipinski definition) is 3. The molecule has 0 saturated carbocycles. The Hall–Kier alpha value is -1.12. The lowest BCUT2D eigenvalue weighted by Gasteiger charge is -2.00. The summed E-state index contributed by atoms with van der Waals surface area (Å²) in [5.74, 6) is 0.649. The molecule has 0 N–H and O–H groups in total. The third-order valence-electron chi connectivity index (χ3n) is 1.69. The molecule has 3 nitrogen and oxygen atoms in total. The third-order valence-corrected chi connectivity index (χ3v) is 1.69. The van der Waals surface area contributed by atoms with Gasteiger partial charge in [0.25, 0.3) is 0 Å². The Labute approximate surface area is 86.5 Å². The largest absolute Gasteiger partial charge is 0.481 e. The summed E-state index contributed by atoms with van der Waals surface area (Å²) in [5.41, 5.74) is 1.06. The maximum Gasteiger partial charge on any atom is 0.216 e. The fourth-order valence-corrected chi connectivity index (χ4v) is 0.983. The molecular formula is C11H20N2O. The molecule has 1 aromatic heterocycles. The zero-order valence-electron chi connectivity index (χ0n) is 9.58. The normalized spacial score (nSPS) is 8.86. The maximum atomic E-state index is 4.98. The highest BCUT2D eigenvalue weighted by Gasteiger charge is 1.96. The summed E-state index contributed by atoms with van der Waals surface area (Å²) < 4.78 is 4.98. The predicted molar refractivity (Wildman–Crippen MR) is 58.5 cm³/mol. The van der Waals surface area contributed by atoms with Crippen LogP contribution in [-0.4, -0.2) is 17.1 Å². The minimum absolute atomic E-state index is 0.649. The van der Waals surface area contributed by atoms with Gasteiger partial charge >= 0.3 is 0 Å². The van der Waals surface area contributed by atoms with Gasteiger partial charge in [-0.3, -0.25) is 0 Å². The molecule has 80 valence electrons. The summed E-state index contributed by atoms with van der Waals surface area (Å²) in [6.07, 6.45) is 4.91. The van der Waals surface area contributed by atoms with E-state index in [4.69, 9.17) is 4.74 Å². The molecule has 0 saturated heterocycles. The molecule has 0 bridgehead atoms. The van der Waals surface area contributed by atoms with Crippen LogP contribution in [0.3, 0.4) is 0 Å². The van der Waals surface area contributed by atoms with Gasteiger partial charge in [0.05, 0.1) is 7.11 Å². The van der Waals surface area contributed by atoms with Gasteiger partial charge in [-0.2, -0.15) is 0 Å². The van der Waals surface area contributed by atoms with Gasteiger partial charge in [0, 0.05) is 11.8 Å². The molecule has 0 atom stereocenters. The topological polar surface area (TPSA) is 35.0 Å². The zero-order valence-corrected chi connectivity index (χ0v) is 9.58. The summed E-state index contributed by atoms with van der Waals surface area (Å²) >= 11 is 0. The number of nitrogens with zero attached hydrogens (tertiary/aromatic N) is 2. The molecule has 0 radical (unpaired) electrons. The van der Waals surface area contributed by atoms with Crippen molar-refractivity contribution < 1.29 is 4.74 Å². The van der Waals surface area contributed by atoms with Crippen LogP contribution in [0.1, 0.15) is 39.3 Å². The third kappa shape index (κ3) is 4.80. The van der Waals surface area contributed by atoms with E-state index < -0.39 is 0 Å². The van der Waals surface area contributed by atoms with E-state index in [1.54, 1.807) is 13.4 Å². The highest BCUT2D eigenvalue weighted by Crippen LogP contribution is 2.07. The van der Waals surface area contributed by atoms with Crippen LogP contribution in [0.2, 0.25) is 0 Å². The van der Waals surface area contributed by atoms with Crippen molar-refractivity contribution in [3.05, 3.63) is 18.1 Å². The van der Waals surface area contributed by atoms with Crippen molar-refractivity contribution in [2.45, 2.75) is 40.0 Å². The molecule has 0 aliphatic rings. The van der Waals surface area contributed by atoms with Crippen LogP contribution in [0.25, 0.3) is 0 Å². The van der Waals surface area contributed by atoms with Crippen LogP contribution in [0.4, 0.5) is 0 Å². The molecule has 0 unspecified atom stereocenters. The Kier molecular flexibility index (Phi) is 7.80. The van der Waals surface area contributed by atoms with E-state index in [0.29, 0.717) is 5.88 Å². The van der Waals surface area contributed by atoms with Crippen molar-refractivity contribution in [3.8, 4) is 5.88 Å². The lowest BCUT2D eigenvalue weighted by atomic mass is 10.2. The lowest BCUT2D eigenvalue weighted by Crippen LogP contribution is -1.94. The average molecular weight is 196 g/mol. The van der Waals surface area contributed by atoms with Gasteiger partial charge in [-0.05, 0) is 12.8 Å². The Morgan fingerprint density at radius 2 is 2.00 bits per heavy atom. The molecule has 0 aliphatic carbocycles. The molecule has 0 spiro atoms. The Morgan fingerprint density at radius 1 is 1.29 bits per heavy atom. The minimum Gasteiger partial charge on any atom is -0.481 e. The van der Waals surface area contributed by atoms with Gasteiger partial charge in [-0.1, -0.05) is 27.2 Å². The van der Waals surface area contributed by atoms with E-state index in [1.807, 2.05) is 19.9 Å². The highest BCUT2D eigenvalue weighted by atomic mass is 16.5. The quantitative estimate of drug-likeness (QED) is 0.742. The smallest absolute Gasteiger partial charge is 0.216 e. The van der Waals surface area contributed by atoms with Crippen LogP contribution in [0.15, 0.2) is 12.4 Å². The summed E-state index contributed by atoms with van der Waals surface area (Å²) in [5, 5.41) is 0. The van der Waals surface area contributed by atoms with Crippen molar-refractivity contribution in [2.24, 2.45) is 0 Å². The van der Waals surface area contributed by atoms with Gasteiger partial charge < -0.3 is 4.74 Å². The second kappa shape index (κ2) is 8.48. The van der Waals surface area contributed by atoms with Gasteiger partial charge in [0.1, 0.15) is 6.33 Å². The first-order valence-corrected chi connectivity index (χ1v) is 5.21. The van der Waals surface area contributed by atoms with Crippen LogP contribution >= 0.6 is 0 Å². The Balaban J connectivity index is 0.000000791. The monoisotopic (exact) mass is 196 g/mol. The van der Waals surface area contributed by atoms with E-state index in [9.17, 15) is 0 Å².